The summed E-state index contributed by atoms with van der Waals surface area (Å²) in [6, 6.07) is 0.429. The van der Waals surface area contributed by atoms with Crippen LogP contribution in [0.25, 0.3) is 0 Å². The van der Waals surface area contributed by atoms with E-state index in [1.165, 1.54) is 6.33 Å². The van der Waals surface area contributed by atoms with Gasteiger partial charge in [-0.1, -0.05) is 0 Å². The summed E-state index contributed by atoms with van der Waals surface area (Å²) < 4.78 is 0.772. The van der Waals surface area contributed by atoms with E-state index in [1.807, 2.05) is 18.8 Å². The van der Waals surface area contributed by atoms with Crippen LogP contribution in [0.2, 0.25) is 0 Å². The Kier molecular flexibility index (Phi) is 5.34. The van der Waals surface area contributed by atoms with Crippen LogP contribution in [0, 0.1) is 0 Å². The molecule has 1 heterocycles. The van der Waals surface area contributed by atoms with Crippen LogP contribution in [0.5, 0.6) is 0 Å². The van der Waals surface area contributed by atoms with Crippen molar-refractivity contribution in [3.63, 3.8) is 0 Å². The average molecular weight is 305 g/mol. The zero-order chi connectivity index (χ0) is 12.1. The number of anilines is 2. The molecule has 0 fully saturated rings. The highest BCUT2D eigenvalue weighted by atomic mass is 79.9. The van der Waals surface area contributed by atoms with Gasteiger partial charge in [0, 0.05) is 13.1 Å². The van der Waals surface area contributed by atoms with E-state index in [4.69, 9.17) is 5.73 Å². The van der Waals surface area contributed by atoms with Crippen LogP contribution in [0.15, 0.2) is 10.8 Å². The summed E-state index contributed by atoms with van der Waals surface area (Å²) in [6.45, 7) is 2.18. The predicted octanol–water partition coefficient (Wildman–Crippen LogP) is 2.40. The molecule has 0 radical (unpaired) electrons. The number of rotatable bonds is 5. The number of hydrogen-bond acceptors (Lipinski definition) is 5. The number of thioether (sulfide) groups is 1. The van der Waals surface area contributed by atoms with Gasteiger partial charge in [-0.25, -0.2) is 9.97 Å². The number of nitrogens with two attached hydrogens (primary N) is 1. The molecule has 0 aliphatic rings. The van der Waals surface area contributed by atoms with Crippen LogP contribution in [-0.4, -0.2) is 35.1 Å². The number of nitrogens with zero attached hydrogens (tertiary/aromatic N) is 3. The van der Waals surface area contributed by atoms with Crippen LogP contribution in [0.3, 0.4) is 0 Å². The Morgan fingerprint density at radius 3 is 2.88 bits per heavy atom. The van der Waals surface area contributed by atoms with E-state index in [0.29, 0.717) is 11.9 Å². The summed E-state index contributed by atoms with van der Waals surface area (Å²) in [7, 11) is 2.03. The van der Waals surface area contributed by atoms with Gasteiger partial charge in [-0.3, -0.25) is 0 Å². The van der Waals surface area contributed by atoms with Crippen molar-refractivity contribution in [1.29, 1.82) is 0 Å². The molecule has 0 saturated heterocycles. The second-order valence-electron chi connectivity index (χ2n) is 3.64. The summed E-state index contributed by atoms with van der Waals surface area (Å²) in [5, 5.41) is 0. The minimum absolute atomic E-state index is 0.429. The predicted molar refractivity (Wildman–Crippen MR) is 75.0 cm³/mol. The quantitative estimate of drug-likeness (QED) is 0.905. The van der Waals surface area contributed by atoms with Crippen LogP contribution in [0.4, 0.5) is 11.6 Å². The third-order valence-corrected chi connectivity index (χ3v) is 3.94. The second-order valence-corrected chi connectivity index (χ2v) is 5.42. The molecule has 0 bridgehead atoms. The van der Waals surface area contributed by atoms with Gasteiger partial charge in [0.2, 0.25) is 0 Å². The molecule has 6 heteroatoms. The first kappa shape index (κ1) is 13.6. The Morgan fingerprint density at radius 2 is 2.25 bits per heavy atom. The minimum atomic E-state index is 0.429. The van der Waals surface area contributed by atoms with Crippen molar-refractivity contribution in [2.75, 3.05) is 29.7 Å². The SMILES string of the molecule is CSCCC(C)N(C)c1ncnc(N)c1Br. The van der Waals surface area contributed by atoms with E-state index < -0.39 is 0 Å². The molecule has 1 aromatic heterocycles. The maximum atomic E-state index is 5.73. The van der Waals surface area contributed by atoms with Crippen LogP contribution < -0.4 is 10.6 Å². The molecule has 0 aromatic carbocycles. The topological polar surface area (TPSA) is 55.0 Å². The summed E-state index contributed by atoms with van der Waals surface area (Å²) in [6.07, 6.45) is 4.73. The summed E-state index contributed by atoms with van der Waals surface area (Å²) in [5.74, 6) is 2.47. The van der Waals surface area contributed by atoms with Crippen molar-refractivity contribution in [2.45, 2.75) is 19.4 Å². The lowest BCUT2D eigenvalue weighted by Gasteiger charge is -2.26. The summed E-state index contributed by atoms with van der Waals surface area (Å²) >= 11 is 5.27. The molecule has 4 nitrogen and oxygen atoms in total. The fraction of sp³-hybridized carbons (Fsp3) is 0.600. The van der Waals surface area contributed by atoms with Crippen molar-refractivity contribution in [3.8, 4) is 0 Å². The highest BCUT2D eigenvalue weighted by Crippen LogP contribution is 2.28. The van der Waals surface area contributed by atoms with Crippen molar-refractivity contribution < 1.29 is 0 Å². The van der Waals surface area contributed by atoms with Gasteiger partial charge in [-0.2, -0.15) is 11.8 Å². The van der Waals surface area contributed by atoms with Gasteiger partial charge in [0.05, 0.1) is 0 Å². The van der Waals surface area contributed by atoms with Gasteiger partial charge in [-0.05, 0) is 41.3 Å². The molecule has 1 atom stereocenters. The number of hydrogen-bond donors (Lipinski definition) is 1. The molecular formula is C10H17BrN4S. The normalized spacial score (nSPS) is 12.5. The minimum Gasteiger partial charge on any atom is -0.383 e. The first-order chi connectivity index (χ1) is 7.57. The third kappa shape index (κ3) is 3.25. The van der Waals surface area contributed by atoms with E-state index in [2.05, 4.69) is 44.0 Å². The molecule has 1 aromatic rings. The Labute approximate surface area is 109 Å². The molecule has 1 rings (SSSR count). The van der Waals surface area contributed by atoms with Gasteiger partial charge >= 0.3 is 0 Å². The lowest BCUT2D eigenvalue weighted by molar-refractivity contribution is 0.660. The van der Waals surface area contributed by atoms with Crippen molar-refractivity contribution in [1.82, 2.24) is 9.97 Å². The maximum absolute atomic E-state index is 5.73. The van der Waals surface area contributed by atoms with E-state index >= 15 is 0 Å². The lowest BCUT2D eigenvalue weighted by atomic mass is 10.2. The van der Waals surface area contributed by atoms with Crippen LogP contribution in [-0.2, 0) is 0 Å². The summed E-state index contributed by atoms with van der Waals surface area (Å²) in [4.78, 5) is 10.3. The Bertz CT molecular complexity index is 348. The molecule has 90 valence electrons. The maximum Gasteiger partial charge on any atom is 0.148 e. The fourth-order valence-electron chi connectivity index (χ4n) is 1.31. The Hall–Kier alpha value is -0.490. The van der Waals surface area contributed by atoms with Gasteiger partial charge in [0.15, 0.2) is 0 Å². The highest BCUT2D eigenvalue weighted by Gasteiger charge is 2.15. The van der Waals surface area contributed by atoms with Crippen molar-refractivity contribution in [3.05, 3.63) is 10.8 Å². The second kappa shape index (κ2) is 6.30. The fourth-order valence-corrected chi connectivity index (χ4v) is 2.37. The monoisotopic (exact) mass is 304 g/mol. The zero-order valence-electron chi connectivity index (χ0n) is 9.77. The van der Waals surface area contributed by atoms with Gasteiger partial charge in [0.25, 0.3) is 0 Å². The van der Waals surface area contributed by atoms with Crippen molar-refractivity contribution >= 4 is 39.3 Å². The van der Waals surface area contributed by atoms with E-state index in [-0.39, 0.29) is 0 Å². The largest absolute Gasteiger partial charge is 0.383 e. The smallest absolute Gasteiger partial charge is 0.148 e. The number of nitrogen functional groups attached to an aromatic ring is 1. The average Bonchev–Trinajstić information content (AvgIpc) is 2.28. The molecule has 16 heavy (non-hydrogen) atoms. The zero-order valence-corrected chi connectivity index (χ0v) is 12.2. The van der Waals surface area contributed by atoms with Gasteiger partial charge < -0.3 is 10.6 Å². The van der Waals surface area contributed by atoms with Crippen LogP contribution >= 0.6 is 27.7 Å². The third-order valence-electron chi connectivity index (χ3n) is 2.53. The molecule has 0 aliphatic heterocycles. The van der Waals surface area contributed by atoms with Gasteiger partial charge in [0.1, 0.15) is 22.4 Å². The van der Waals surface area contributed by atoms with Gasteiger partial charge in [-0.15, -0.1) is 0 Å². The molecule has 0 amide bonds. The number of aromatic nitrogens is 2. The first-order valence-corrected chi connectivity index (χ1v) is 7.24. The summed E-state index contributed by atoms with van der Waals surface area (Å²) in [5.41, 5.74) is 5.73. The molecule has 0 aliphatic carbocycles. The van der Waals surface area contributed by atoms with E-state index in [1.54, 1.807) is 0 Å². The molecule has 1 unspecified atom stereocenters. The van der Waals surface area contributed by atoms with Crippen molar-refractivity contribution in [2.24, 2.45) is 0 Å². The van der Waals surface area contributed by atoms with E-state index in [0.717, 1.165) is 22.5 Å². The Morgan fingerprint density at radius 1 is 1.56 bits per heavy atom. The lowest BCUT2D eigenvalue weighted by Crippen LogP contribution is -2.30. The highest BCUT2D eigenvalue weighted by molar-refractivity contribution is 9.10. The molecule has 0 saturated carbocycles. The standard InChI is InChI=1S/C10H17BrN4S/c1-7(4-5-16-3)15(2)10-8(11)9(12)13-6-14-10/h6-7H,4-5H2,1-3H3,(H2,12,13,14). The molecular weight excluding hydrogens is 288 g/mol. The number of halogens is 1. The molecule has 2 N–H and O–H groups in total. The Balaban J connectivity index is 2.79. The molecule has 0 spiro atoms. The van der Waals surface area contributed by atoms with E-state index in [9.17, 15) is 0 Å². The van der Waals surface area contributed by atoms with Crippen LogP contribution in [0.1, 0.15) is 13.3 Å². The first-order valence-electron chi connectivity index (χ1n) is 5.05.